The van der Waals surface area contributed by atoms with Crippen molar-refractivity contribution in [3.8, 4) is 17.2 Å². The van der Waals surface area contributed by atoms with Gasteiger partial charge in [-0.25, -0.2) is 4.79 Å². The highest BCUT2D eigenvalue weighted by molar-refractivity contribution is 6.35. The van der Waals surface area contributed by atoms with Gasteiger partial charge in [-0.3, -0.25) is 9.59 Å². The number of methoxy groups -OCH3 is 1. The minimum atomic E-state index is -0.584. The van der Waals surface area contributed by atoms with Crippen molar-refractivity contribution < 1.29 is 23.9 Å². The number of carbonyl (C=O) groups is 3. The molecule has 1 atom stereocenters. The van der Waals surface area contributed by atoms with Gasteiger partial charge in [-0.15, -0.1) is 0 Å². The van der Waals surface area contributed by atoms with Crippen molar-refractivity contribution in [2.24, 2.45) is 0 Å². The molecule has 2 aromatic rings. The molecular weight excluding hydrogens is 388 g/mol. The quantitative estimate of drug-likeness (QED) is 0.747. The molecule has 2 saturated heterocycles. The molecule has 9 heteroatoms. The van der Waals surface area contributed by atoms with E-state index in [0.29, 0.717) is 49.1 Å². The number of fused-ring (bicyclic) bond motifs is 1. The lowest BCUT2D eigenvalue weighted by atomic mass is 10.1. The van der Waals surface area contributed by atoms with Crippen LogP contribution in [0.25, 0.3) is 0 Å². The Morgan fingerprint density at radius 2 is 1.80 bits per heavy atom. The van der Waals surface area contributed by atoms with E-state index in [1.165, 1.54) is 4.90 Å². The number of amides is 4. The molecule has 9 nitrogen and oxygen atoms in total. The van der Waals surface area contributed by atoms with E-state index >= 15 is 0 Å². The number of benzene rings is 2. The highest BCUT2D eigenvalue weighted by Gasteiger charge is 2.38. The second-order valence-electron chi connectivity index (χ2n) is 7.02. The van der Waals surface area contributed by atoms with Gasteiger partial charge in [0.25, 0.3) is 0 Å². The molecule has 2 heterocycles. The van der Waals surface area contributed by atoms with Crippen molar-refractivity contribution in [3.63, 3.8) is 0 Å². The standard InChI is InChI=1S/C21H22N4O5/c1-29-17-4-2-3-5-18(17)30-16-8-6-14(7-9-16)23-21(28)24-10-11-25-15(13-24)12-22-19(26)20(25)27/h2-9,15H,10-13H2,1H3,(H,22,26)(H,23,28)/t15-/m0/s1. The summed E-state index contributed by atoms with van der Waals surface area (Å²) in [5.74, 6) is 0.731. The third kappa shape index (κ3) is 4.00. The van der Waals surface area contributed by atoms with Gasteiger partial charge < -0.3 is 29.9 Å². The first-order valence-corrected chi connectivity index (χ1v) is 9.61. The van der Waals surface area contributed by atoms with E-state index in [4.69, 9.17) is 9.47 Å². The lowest BCUT2D eigenvalue weighted by Crippen LogP contribution is -2.66. The molecule has 2 N–H and O–H groups in total. The molecule has 0 aromatic heterocycles. The summed E-state index contributed by atoms with van der Waals surface area (Å²) < 4.78 is 11.1. The molecule has 0 unspecified atom stereocenters. The van der Waals surface area contributed by atoms with E-state index < -0.39 is 11.8 Å². The van der Waals surface area contributed by atoms with Crippen LogP contribution in [0.2, 0.25) is 0 Å². The van der Waals surface area contributed by atoms with Gasteiger partial charge in [0.1, 0.15) is 5.75 Å². The molecule has 4 rings (SSSR count). The van der Waals surface area contributed by atoms with Gasteiger partial charge in [-0.2, -0.15) is 0 Å². The van der Waals surface area contributed by atoms with Gasteiger partial charge >= 0.3 is 17.8 Å². The summed E-state index contributed by atoms with van der Waals surface area (Å²) in [7, 11) is 1.58. The number of ether oxygens (including phenoxy) is 2. The van der Waals surface area contributed by atoms with Crippen LogP contribution in [0, 0.1) is 0 Å². The minimum Gasteiger partial charge on any atom is -0.493 e. The zero-order chi connectivity index (χ0) is 21.1. The zero-order valence-electron chi connectivity index (χ0n) is 16.5. The number of rotatable bonds is 4. The highest BCUT2D eigenvalue weighted by Crippen LogP contribution is 2.31. The summed E-state index contributed by atoms with van der Waals surface area (Å²) >= 11 is 0. The van der Waals surface area contributed by atoms with Crippen LogP contribution < -0.4 is 20.1 Å². The molecule has 0 bridgehead atoms. The predicted octanol–water partition coefficient (Wildman–Crippen LogP) is 1.66. The maximum absolute atomic E-state index is 12.6. The summed E-state index contributed by atoms with van der Waals surface area (Å²) in [5, 5.41) is 5.42. The van der Waals surface area contributed by atoms with Crippen LogP contribution >= 0.6 is 0 Å². The molecule has 0 radical (unpaired) electrons. The van der Waals surface area contributed by atoms with Gasteiger partial charge in [0.15, 0.2) is 11.5 Å². The molecule has 0 spiro atoms. The highest BCUT2D eigenvalue weighted by atomic mass is 16.5. The van der Waals surface area contributed by atoms with Crippen LogP contribution in [0.15, 0.2) is 48.5 Å². The number of anilines is 1. The smallest absolute Gasteiger partial charge is 0.321 e. The van der Waals surface area contributed by atoms with Gasteiger partial charge in [-0.05, 0) is 36.4 Å². The Hall–Kier alpha value is -3.75. The van der Waals surface area contributed by atoms with E-state index in [1.54, 1.807) is 36.3 Å². The zero-order valence-corrected chi connectivity index (χ0v) is 16.5. The van der Waals surface area contributed by atoms with Gasteiger partial charge in [0, 0.05) is 31.9 Å². The van der Waals surface area contributed by atoms with Crippen LogP contribution in [-0.2, 0) is 9.59 Å². The first kappa shape index (κ1) is 19.6. The van der Waals surface area contributed by atoms with Gasteiger partial charge in [-0.1, -0.05) is 12.1 Å². The molecule has 2 aliphatic heterocycles. The van der Waals surface area contributed by atoms with E-state index in [9.17, 15) is 14.4 Å². The van der Waals surface area contributed by atoms with Crippen molar-refractivity contribution in [3.05, 3.63) is 48.5 Å². The lowest BCUT2D eigenvalue weighted by molar-refractivity contribution is -0.152. The Morgan fingerprint density at radius 1 is 1.07 bits per heavy atom. The number of hydrogen-bond donors (Lipinski definition) is 2. The second kappa shape index (κ2) is 8.32. The summed E-state index contributed by atoms with van der Waals surface area (Å²) in [5.41, 5.74) is 0.628. The summed E-state index contributed by atoms with van der Waals surface area (Å²) in [6.07, 6.45) is 0. The van der Waals surface area contributed by atoms with Crippen molar-refractivity contribution in [1.29, 1.82) is 0 Å². The van der Waals surface area contributed by atoms with Gasteiger partial charge in [0.05, 0.1) is 13.2 Å². The average Bonchev–Trinajstić information content (AvgIpc) is 2.78. The van der Waals surface area contributed by atoms with Crippen LogP contribution in [-0.4, -0.2) is 67.0 Å². The molecule has 2 aromatic carbocycles. The van der Waals surface area contributed by atoms with E-state index in [2.05, 4.69) is 10.6 Å². The van der Waals surface area contributed by atoms with E-state index in [-0.39, 0.29) is 12.1 Å². The maximum Gasteiger partial charge on any atom is 0.321 e. The fourth-order valence-electron chi connectivity index (χ4n) is 3.54. The molecule has 0 aliphatic carbocycles. The third-order valence-corrected chi connectivity index (χ3v) is 5.13. The predicted molar refractivity (Wildman–Crippen MR) is 109 cm³/mol. The van der Waals surface area contributed by atoms with Crippen molar-refractivity contribution in [2.75, 3.05) is 38.6 Å². The van der Waals surface area contributed by atoms with Gasteiger partial charge in [0.2, 0.25) is 0 Å². The lowest BCUT2D eigenvalue weighted by Gasteiger charge is -2.43. The van der Waals surface area contributed by atoms with Crippen molar-refractivity contribution >= 4 is 23.5 Å². The Kier molecular flexibility index (Phi) is 5.42. The van der Waals surface area contributed by atoms with E-state index in [0.717, 1.165) is 0 Å². The molecule has 156 valence electrons. The Morgan fingerprint density at radius 3 is 2.53 bits per heavy atom. The number of urea groups is 1. The van der Waals surface area contributed by atoms with Crippen LogP contribution in [0.5, 0.6) is 17.2 Å². The Bertz CT molecular complexity index is 962. The normalized spacial score (nSPS) is 18.4. The largest absolute Gasteiger partial charge is 0.493 e. The number of nitrogens with zero attached hydrogens (tertiary/aromatic N) is 2. The summed E-state index contributed by atoms with van der Waals surface area (Å²) in [4.78, 5) is 39.2. The van der Waals surface area contributed by atoms with Crippen molar-refractivity contribution in [2.45, 2.75) is 6.04 Å². The second-order valence-corrected chi connectivity index (χ2v) is 7.02. The van der Waals surface area contributed by atoms with Crippen LogP contribution in [0.3, 0.4) is 0 Å². The Balaban J connectivity index is 1.35. The van der Waals surface area contributed by atoms with E-state index in [1.807, 2.05) is 24.3 Å². The maximum atomic E-state index is 12.6. The average molecular weight is 410 g/mol. The molecule has 0 saturated carbocycles. The first-order chi connectivity index (χ1) is 14.5. The van der Waals surface area contributed by atoms with Crippen LogP contribution in [0.4, 0.5) is 10.5 Å². The molecule has 4 amide bonds. The number of carbonyl (C=O) groups excluding carboxylic acids is 3. The molecule has 2 fully saturated rings. The molecular formula is C21H22N4O5. The number of hydrogen-bond acceptors (Lipinski definition) is 5. The first-order valence-electron chi connectivity index (χ1n) is 9.61. The SMILES string of the molecule is COc1ccccc1Oc1ccc(NC(=O)N2CCN3C(=O)C(=O)NC[C@H]3C2)cc1. The number of piperazine rings is 2. The summed E-state index contributed by atoms with van der Waals surface area (Å²) in [6, 6.07) is 13.9. The summed E-state index contributed by atoms with van der Waals surface area (Å²) in [6.45, 7) is 1.43. The topological polar surface area (TPSA) is 100 Å². The number of para-hydroxylation sites is 2. The molecule has 30 heavy (non-hydrogen) atoms. The van der Waals surface area contributed by atoms with Crippen molar-refractivity contribution in [1.82, 2.24) is 15.1 Å². The van der Waals surface area contributed by atoms with Crippen LogP contribution in [0.1, 0.15) is 0 Å². The minimum absolute atomic E-state index is 0.202. The fourth-order valence-corrected chi connectivity index (χ4v) is 3.54. The number of nitrogens with one attached hydrogen (secondary N) is 2. The third-order valence-electron chi connectivity index (χ3n) is 5.13. The monoisotopic (exact) mass is 410 g/mol. The molecule has 2 aliphatic rings. The fraction of sp³-hybridized carbons (Fsp3) is 0.286. The Labute approximate surface area is 173 Å².